The summed E-state index contributed by atoms with van der Waals surface area (Å²) in [6.07, 6.45) is 0. The highest BCUT2D eigenvalue weighted by Crippen LogP contribution is 2.21. The average Bonchev–Trinajstić information content (AvgIpc) is 2.61. The molecule has 2 aromatic rings. The molecular formula is C17H12BrFN2O5S. The fourth-order valence-corrected chi connectivity index (χ4v) is 3.75. The molecule has 2 aromatic carbocycles. The van der Waals surface area contributed by atoms with E-state index in [0.717, 1.165) is 12.1 Å². The fourth-order valence-electron chi connectivity index (χ4n) is 2.20. The predicted molar refractivity (Wildman–Crippen MR) is 95.6 cm³/mol. The van der Waals surface area contributed by atoms with Crippen molar-refractivity contribution in [1.29, 1.82) is 5.26 Å². The monoisotopic (exact) mass is 454 g/mol. The Morgan fingerprint density at radius 1 is 1.26 bits per heavy atom. The molecule has 2 N–H and O–H groups in total. The first-order valence-electron chi connectivity index (χ1n) is 7.36. The van der Waals surface area contributed by atoms with E-state index in [9.17, 15) is 22.4 Å². The maximum atomic E-state index is 13.9. The number of halogens is 2. The maximum Gasteiger partial charge on any atom is 0.329 e. The number of nitrogens with zero attached hydrogens (tertiary/aromatic N) is 1. The zero-order chi connectivity index (χ0) is 20.2. The quantitative estimate of drug-likeness (QED) is 0.488. The first-order valence-corrected chi connectivity index (χ1v) is 9.64. The van der Waals surface area contributed by atoms with E-state index in [1.807, 2.05) is 0 Å². The summed E-state index contributed by atoms with van der Waals surface area (Å²) in [7, 11) is -4.28. The van der Waals surface area contributed by atoms with E-state index >= 15 is 0 Å². The maximum absolute atomic E-state index is 13.9. The molecule has 27 heavy (non-hydrogen) atoms. The minimum atomic E-state index is -4.28. The molecule has 0 saturated heterocycles. The molecule has 0 bridgehead atoms. The lowest BCUT2D eigenvalue weighted by Crippen LogP contribution is -2.28. The lowest BCUT2D eigenvalue weighted by molar-refractivity contribution is -0.138. The van der Waals surface area contributed by atoms with Crippen LogP contribution in [0.4, 0.5) is 4.39 Å². The Labute approximate surface area is 162 Å². The third-order valence-electron chi connectivity index (χ3n) is 3.55. The standard InChI is InChI=1S/C17H12BrFN2O5S/c18-11-6-5-10(14(19)7-11)9-21-27(25,26)15-4-2-1-3-12(15)16(22)13(8-20)17(23)24/h1-7,13,21H,9H2,(H,23,24). The van der Waals surface area contributed by atoms with Crippen LogP contribution in [0.2, 0.25) is 0 Å². The molecule has 1 atom stereocenters. The van der Waals surface area contributed by atoms with E-state index in [0.29, 0.717) is 4.47 Å². The van der Waals surface area contributed by atoms with Crippen LogP contribution in [0, 0.1) is 23.1 Å². The van der Waals surface area contributed by atoms with Gasteiger partial charge >= 0.3 is 5.97 Å². The van der Waals surface area contributed by atoms with E-state index in [1.54, 1.807) is 0 Å². The number of Topliss-reactive ketones (excluding diaryl/α,β-unsaturated/α-hetero) is 1. The minimum absolute atomic E-state index is 0.0750. The van der Waals surface area contributed by atoms with E-state index in [4.69, 9.17) is 10.4 Å². The molecule has 0 amide bonds. The van der Waals surface area contributed by atoms with Gasteiger partial charge in [-0.2, -0.15) is 5.26 Å². The molecule has 1 unspecified atom stereocenters. The predicted octanol–water partition coefficient (Wildman–Crippen LogP) is 2.47. The first-order chi connectivity index (χ1) is 12.7. The Morgan fingerprint density at radius 3 is 2.52 bits per heavy atom. The summed E-state index contributed by atoms with van der Waals surface area (Å²) in [4.78, 5) is 22.8. The number of ketones is 1. The van der Waals surface area contributed by atoms with Crippen molar-refractivity contribution in [2.24, 2.45) is 5.92 Å². The molecule has 0 aromatic heterocycles. The second-order valence-corrected chi connectivity index (χ2v) is 7.97. The Kier molecular flexibility index (Phi) is 6.43. The second kappa shape index (κ2) is 8.39. The Hall–Kier alpha value is -2.61. The summed E-state index contributed by atoms with van der Waals surface area (Å²) in [5.74, 6) is -5.50. The van der Waals surface area contributed by atoms with Gasteiger partial charge in [0.15, 0.2) is 5.78 Å². The number of hydrogen-bond acceptors (Lipinski definition) is 5. The van der Waals surface area contributed by atoms with Crippen LogP contribution in [0.25, 0.3) is 0 Å². The van der Waals surface area contributed by atoms with Gasteiger partial charge in [0.2, 0.25) is 15.9 Å². The van der Waals surface area contributed by atoms with Gasteiger partial charge in [-0.05, 0) is 24.3 Å². The van der Waals surface area contributed by atoms with E-state index in [-0.39, 0.29) is 12.1 Å². The number of carboxylic acids is 1. The number of nitriles is 1. The molecule has 0 aliphatic rings. The van der Waals surface area contributed by atoms with Crippen molar-refractivity contribution in [3.05, 3.63) is 63.9 Å². The molecule has 140 valence electrons. The van der Waals surface area contributed by atoms with Gasteiger partial charge in [0.05, 0.1) is 11.0 Å². The Balaban J connectivity index is 2.35. The SMILES string of the molecule is N#CC(C(=O)O)C(=O)c1ccccc1S(=O)(=O)NCc1ccc(Br)cc1F. The van der Waals surface area contributed by atoms with Crippen LogP contribution in [0.5, 0.6) is 0 Å². The lowest BCUT2D eigenvalue weighted by Gasteiger charge is -2.12. The van der Waals surface area contributed by atoms with Gasteiger partial charge in [-0.3, -0.25) is 9.59 Å². The number of carbonyl (C=O) groups excluding carboxylic acids is 1. The molecule has 0 radical (unpaired) electrons. The van der Waals surface area contributed by atoms with Crippen LogP contribution in [-0.4, -0.2) is 25.3 Å². The van der Waals surface area contributed by atoms with Crippen molar-refractivity contribution in [3.8, 4) is 6.07 Å². The molecule has 0 fully saturated rings. The third-order valence-corrected chi connectivity index (χ3v) is 5.50. The third kappa shape index (κ3) is 4.77. The normalized spacial score (nSPS) is 12.2. The van der Waals surface area contributed by atoms with E-state index < -0.39 is 44.0 Å². The summed E-state index contributed by atoms with van der Waals surface area (Å²) < 4.78 is 41.6. The summed E-state index contributed by atoms with van der Waals surface area (Å²) in [6.45, 7) is -0.384. The number of hydrogen-bond donors (Lipinski definition) is 2. The van der Waals surface area contributed by atoms with Crippen molar-refractivity contribution < 1.29 is 27.5 Å². The molecule has 0 spiro atoms. The van der Waals surface area contributed by atoms with Gasteiger partial charge in [-0.25, -0.2) is 17.5 Å². The first kappa shape index (κ1) is 20.7. The number of nitrogens with one attached hydrogen (secondary N) is 1. The molecular weight excluding hydrogens is 443 g/mol. The van der Waals surface area contributed by atoms with Crippen LogP contribution >= 0.6 is 15.9 Å². The van der Waals surface area contributed by atoms with Gasteiger partial charge in [0.1, 0.15) is 5.82 Å². The minimum Gasteiger partial charge on any atom is -0.480 e. The molecule has 2 rings (SSSR count). The summed E-state index contributed by atoms with van der Waals surface area (Å²) in [6, 6.07) is 10.3. The molecule has 0 aliphatic heterocycles. The zero-order valence-corrected chi connectivity index (χ0v) is 15.9. The summed E-state index contributed by atoms with van der Waals surface area (Å²) in [5.41, 5.74) is -0.360. The lowest BCUT2D eigenvalue weighted by atomic mass is 9.99. The number of aliphatic carboxylic acids is 1. The highest BCUT2D eigenvalue weighted by atomic mass is 79.9. The van der Waals surface area contributed by atoms with Crippen molar-refractivity contribution in [1.82, 2.24) is 4.72 Å². The van der Waals surface area contributed by atoms with Crippen molar-refractivity contribution >= 4 is 37.7 Å². The molecule has 10 heteroatoms. The van der Waals surface area contributed by atoms with E-state index in [1.165, 1.54) is 36.4 Å². The number of rotatable bonds is 7. The number of carboxylic acid groups (broad SMARTS) is 1. The highest BCUT2D eigenvalue weighted by molar-refractivity contribution is 9.10. The van der Waals surface area contributed by atoms with Crippen LogP contribution in [-0.2, 0) is 21.4 Å². The number of sulfonamides is 1. The van der Waals surface area contributed by atoms with Crippen molar-refractivity contribution in [2.75, 3.05) is 0 Å². The zero-order valence-electron chi connectivity index (χ0n) is 13.5. The molecule has 7 nitrogen and oxygen atoms in total. The number of carbonyl (C=O) groups is 2. The smallest absolute Gasteiger partial charge is 0.329 e. The van der Waals surface area contributed by atoms with Crippen LogP contribution < -0.4 is 4.72 Å². The Morgan fingerprint density at radius 2 is 1.93 bits per heavy atom. The average molecular weight is 455 g/mol. The van der Waals surface area contributed by atoms with E-state index in [2.05, 4.69) is 20.7 Å². The second-order valence-electron chi connectivity index (χ2n) is 5.32. The topological polar surface area (TPSA) is 124 Å². The van der Waals surface area contributed by atoms with Gasteiger partial charge in [-0.15, -0.1) is 0 Å². The Bertz CT molecular complexity index is 1050. The number of benzene rings is 2. The van der Waals surface area contributed by atoms with Crippen molar-refractivity contribution in [3.63, 3.8) is 0 Å². The van der Waals surface area contributed by atoms with Gasteiger partial charge in [0.25, 0.3) is 0 Å². The molecule has 0 aliphatic carbocycles. The molecule has 0 saturated carbocycles. The summed E-state index contributed by atoms with van der Waals surface area (Å²) >= 11 is 3.09. The van der Waals surface area contributed by atoms with Gasteiger partial charge in [0, 0.05) is 22.1 Å². The van der Waals surface area contributed by atoms with Crippen LogP contribution in [0.1, 0.15) is 15.9 Å². The fraction of sp³-hybridized carbons (Fsp3) is 0.118. The molecule has 0 heterocycles. The van der Waals surface area contributed by atoms with Crippen LogP contribution in [0.15, 0.2) is 51.8 Å². The van der Waals surface area contributed by atoms with Crippen molar-refractivity contribution in [2.45, 2.75) is 11.4 Å². The summed E-state index contributed by atoms with van der Waals surface area (Å²) in [5, 5.41) is 17.8. The van der Waals surface area contributed by atoms with Crippen LogP contribution in [0.3, 0.4) is 0 Å². The highest BCUT2D eigenvalue weighted by Gasteiger charge is 2.31. The largest absolute Gasteiger partial charge is 0.480 e. The van der Waals surface area contributed by atoms with Gasteiger partial charge in [-0.1, -0.05) is 34.1 Å². The van der Waals surface area contributed by atoms with Gasteiger partial charge < -0.3 is 5.11 Å².